The molecule has 0 aromatic heterocycles. The summed E-state index contributed by atoms with van der Waals surface area (Å²) in [5, 5.41) is 0. The molecule has 1 atom stereocenters. The van der Waals surface area contributed by atoms with Crippen LogP contribution in [0.15, 0.2) is 96.6 Å². The van der Waals surface area contributed by atoms with E-state index in [0.717, 1.165) is 0 Å². The maximum atomic E-state index is 2.37. The van der Waals surface area contributed by atoms with Gasteiger partial charge in [-0.3, -0.25) is 0 Å². The molecule has 1 aliphatic rings. The molecule has 0 bridgehead atoms. The molecule has 0 fully saturated rings. The summed E-state index contributed by atoms with van der Waals surface area (Å²) in [7, 11) is 0. The molecule has 3 aromatic carbocycles. The minimum Gasteiger partial charge on any atom is -0.0873 e. The van der Waals surface area contributed by atoms with E-state index in [1.807, 2.05) is 13.8 Å². The van der Waals surface area contributed by atoms with Crippen molar-refractivity contribution in [1.82, 2.24) is 0 Å². The number of rotatable bonds is 3. The topological polar surface area (TPSA) is 0 Å². The Labute approximate surface area is 170 Å². The van der Waals surface area contributed by atoms with Crippen molar-refractivity contribution >= 4 is 0 Å². The van der Waals surface area contributed by atoms with Crippen LogP contribution in [0.4, 0.5) is 0 Å². The van der Waals surface area contributed by atoms with Crippen LogP contribution in [0, 0.1) is 6.92 Å². The molecule has 0 N–H and O–H groups in total. The van der Waals surface area contributed by atoms with Crippen molar-refractivity contribution in [2.75, 3.05) is 0 Å². The predicted molar refractivity (Wildman–Crippen MR) is 123 cm³/mol. The molecule has 0 nitrogen and oxygen atoms in total. The van der Waals surface area contributed by atoms with Gasteiger partial charge in [-0.2, -0.15) is 0 Å². The van der Waals surface area contributed by atoms with Crippen LogP contribution in [-0.2, 0) is 5.41 Å². The van der Waals surface area contributed by atoms with Gasteiger partial charge in [-0.05, 0) is 54.2 Å². The van der Waals surface area contributed by atoms with E-state index in [4.69, 9.17) is 0 Å². The third-order valence-corrected chi connectivity index (χ3v) is 5.50. The van der Waals surface area contributed by atoms with E-state index in [9.17, 15) is 0 Å². The molecule has 0 amide bonds. The molecular formula is C28H30. The first-order chi connectivity index (χ1) is 13.7. The molecule has 0 heterocycles. The second-order valence-electron chi connectivity index (χ2n) is 6.95. The van der Waals surface area contributed by atoms with Crippen molar-refractivity contribution in [3.8, 4) is 11.1 Å². The Bertz CT molecular complexity index is 1010. The summed E-state index contributed by atoms with van der Waals surface area (Å²) in [4.78, 5) is 0. The number of allylic oxidation sites excluding steroid dienone is 4. The zero-order valence-corrected chi connectivity index (χ0v) is 17.7. The average Bonchev–Trinajstić information content (AvgIpc) is 3.04. The third kappa shape index (κ3) is 2.94. The molecule has 1 aliphatic carbocycles. The third-order valence-electron chi connectivity index (χ3n) is 5.50. The fourth-order valence-corrected chi connectivity index (χ4v) is 4.49. The Balaban J connectivity index is 0.00000109. The normalized spacial score (nSPS) is 17.7. The van der Waals surface area contributed by atoms with E-state index in [1.165, 1.54) is 39.0 Å². The smallest absolute Gasteiger partial charge is 0.0710 e. The van der Waals surface area contributed by atoms with Gasteiger partial charge in [-0.15, -0.1) is 0 Å². The fraction of sp³-hybridized carbons (Fsp3) is 0.214. The minimum absolute atomic E-state index is 0.263. The zero-order valence-electron chi connectivity index (χ0n) is 17.7. The summed E-state index contributed by atoms with van der Waals surface area (Å²) in [5.41, 5.74) is 9.13. The first-order valence-corrected chi connectivity index (χ1v) is 10.3. The first kappa shape index (κ1) is 19.9. The largest absolute Gasteiger partial charge is 0.0873 e. The van der Waals surface area contributed by atoms with Crippen LogP contribution in [-0.4, -0.2) is 0 Å². The molecule has 142 valence electrons. The van der Waals surface area contributed by atoms with Crippen LogP contribution in [0.1, 0.15) is 49.9 Å². The van der Waals surface area contributed by atoms with Crippen LogP contribution in [0.25, 0.3) is 11.1 Å². The maximum Gasteiger partial charge on any atom is 0.0710 e. The van der Waals surface area contributed by atoms with E-state index in [2.05, 4.69) is 112 Å². The van der Waals surface area contributed by atoms with Crippen LogP contribution in [0.3, 0.4) is 0 Å². The monoisotopic (exact) mass is 366 g/mol. The Morgan fingerprint density at radius 2 is 1.39 bits per heavy atom. The predicted octanol–water partition coefficient (Wildman–Crippen LogP) is 7.86. The summed E-state index contributed by atoms with van der Waals surface area (Å²) in [6.07, 6.45) is 6.68. The Kier molecular flexibility index (Phi) is 5.99. The van der Waals surface area contributed by atoms with Gasteiger partial charge in [0.2, 0.25) is 0 Å². The lowest BCUT2D eigenvalue weighted by Gasteiger charge is -2.35. The van der Waals surface area contributed by atoms with Gasteiger partial charge in [0.05, 0.1) is 5.41 Å². The SMILES string of the molecule is C/C=C\C(=C/C)C1(c2ccccc2)c2ccccc2-c2ccc(C)cc21.CC. The van der Waals surface area contributed by atoms with Crippen LogP contribution in [0.2, 0.25) is 0 Å². The summed E-state index contributed by atoms with van der Waals surface area (Å²) >= 11 is 0. The average molecular weight is 367 g/mol. The molecule has 0 spiro atoms. The minimum atomic E-state index is -0.263. The fourth-order valence-electron chi connectivity index (χ4n) is 4.49. The van der Waals surface area contributed by atoms with Crippen molar-refractivity contribution in [2.45, 2.75) is 40.0 Å². The lowest BCUT2D eigenvalue weighted by molar-refractivity contribution is 0.764. The summed E-state index contributed by atoms with van der Waals surface area (Å²) in [5.74, 6) is 0. The van der Waals surface area contributed by atoms with Crippen molar-refractivity contribution in [1.29, 1.82) is 0 Å². The second-order valence-corrected chi connectivity index (χ2v) is 6.95. The highest BCUT2D eigenvalue weighted by atomic mass is 14.5. The Morgan fingerprint density at radius 3 is 2.07 bits per heavy atom. The van der Waals surface area contributed by atoms with E-state index < -0.39 is 0 Å². The molecule has 0 heteroatoms. The molecule has 0 saturated heterocycles. The number of fused-ring (bicyclic) bond motifs is 3. The highest BCUT2D eigenvalue weighted by Gasteiger charge is 2.46. The number of hydrogen-bond donors (Lipinski definition) is 0. The van der Waals surface area contributed by atoms with E-state index >= 15 is 0 Å². The standard InChI is InChI=1S/C26H24.C2H6/c1-4-11-20(5-2)26(21-12-7-6-8-13-21)24-15-10-9-14-22(24)23-17-16-19(3)18-25(23)26;1-2/h4-18H,1-3H3;1-2H3/b11-4-,20-5+;. The van der Waals surface area contributed by atoms with Gasteiger partial charge in [0, 0.05) is 0 Å². The zero-order chi connectivity index (χ0) is 20.1. The van der Waals surface area contributed by atoms with Gasteiger partial charge in [-0.1, -0.05) is 110 Å². The van der Waals surface area contributed by atoms with Gasteiger partial charge < -0.3 is 0 Å². The van der Waals surface area contributed by atoms with Crippen LogP contribution < -0.4 is 0 Å². The summed E-state index contributed by atoms with van der Waals surface area (Å²) in [6, 6.07) is 26.7. The lowest BCUT2D eigenvalue weighted by atomic mass is 9.67. The highest BCUT2D eigenvalue weighted by molar-refractivity contribution is 5.86. The van der Waals surface area contributed by atoms with Crippen molar-refractivity contribution < 1.29 is 0 Å². The maximum absolute atomic E-state index is 2.37. The van der Waals surface area contributed by atoms with E-state index in [-0.39, 0.29) is 5.41 Å². The molecule has 28 heavy (non-hydrogen) atoms. The van der Waals surface area contributed by atoms with Crippen molar-refractivity contribution in [2.24, 2.45) is 0 Å². The van der Waals surface area contributed by atoms with Crippen LogP contribution >= 0.6 is 0 Å². The number of aryl methyl sites for hydroxylation is 1. The second kappa shape index (κ2) is 8.44. The Hall–Kier alpha value is -2.86. The molecule has 0 saturated carbocycles. The van der Waals surface area contributed by atoms with Gasteiger partial charge in [0.25, 0.3) is 0 Å². The molecule has 0 radical (unpaired) electrons. The van der Waals surface area contributed by atoms with Gasteiger partial charge in [-0.25, -0.2) is 0 Å². The molecule has 4 rings (SSSR count). The lowest BCUT2D eigenvalue weighted by Crippen LogP contribution is -2.29. The van der Waals surface area contributed by atoms with Crippen LogP contribution in [0.5, 0.6) is 0 Å². The quantitative estimate of drug-likeness (QED) is 0.414. The molecule has 1 unspecified atom stereocenters. The van der Waals surface area contributed by atoms with E-state index in [1.54, 1.807) is 0 Å². The van der Waals surface area contributed by atoms with Crippen molar-refractivity contribution in [3.05, 3.63) is 119 Å². The summed E-state index contributed by atoms with van der Waals surface area (Å²) < 4.78 is 0. The molecule has 3 aromatic rings. The highest BCUT2D eigenvalue weighted by Crippen LogP contribution is 2.56. The first-order valence-electron chi connectivity index (χ1n) is 10.3. The molecular weight excluding hydrogens is 336 g/mol. The summed E-state index contributed by atoms with van der Waals surface area (Å²) in [6.45, 7) is 10.4. The van der Waals surface area contributed by atoms with Gasteiger partial charge >= 0.3 is 0 Å². The molecule has 0 aliphatic heterocycles. The number of hydrogen-bond acceptors (Lipinski definition) is 0. The number of benzene rings is 3. The van der Waals surface area contributed by atoms with E-state index in [0.29, 0.717) is 0 Å². The van der Waals surface area contributed by atoms with Gasteiger partial charge in [0.15, 0.2) is 0 Å². The Morgan fingerprint density at radius 1 is 0.750 bits per heavy atom. The van der Waals surface area contributed by atoms with Gasteiger partial charge in [0.1, 0.15) is 0 Å². The van der Waals surface area contributed by atoms with Crippen molar-refractivity contribution in [3.63, 3.8) is 0 Å².